The fourth-order valence-electron chi connectivity index (χ4n) is 6.96. The summed E-state index contributed by atoms with van der Waals surface area (Å²) in [7, 11) is 0. The van der Waals surface area contributed by atoms with Crippen LogP contribution in [0, 0.1) is 0 Å². The lowest BCUT2D eigenvalue weighted by Crippen LogP contribution is -2.55. The highest BCUT2D eigenvalue weighted by Gasteiger charge is 2.54. The lowest BCUT2D eigenvalue weighted by molar-refractivity contribution is -0.274. The molecule has 6 rings (SSSR count). The number of carbonyl (C=O) groups is 4. The number of halogens is 5. The van der Waals surface area contributed by atoms with E-state index in [9.17, 15) is 37.5 Å². The predicted molar refractivity (Wildman–Crippen MR) is 230 cm³/mol. The Labute approximate surface area is 392 Å². The normalized spacial score (nSPS) is 20.1. The minimum Gasteiger partial charge on any atom is -0.462 e. The topological polar surface area (TPSA) is 212 Å². The van der Waals surface area contributed by atoms with Crippen molar-refractivity contribution in [1.29, 1.82) is 0 Å². The number of alkyl halides is 4. The Hall–Kier alpha value is -5.72. The number of imide groups is 1. The molecule has 370 valence electrons. The summed E-state index contributed by atoms with van der Waals surface area (Å²) in [6, 6.07) is 12.8. The van der Waals surface area contributed by atoms with E-state index in [0.717, 1.165) is 23.0 Å². The maximum Gasteiger partial charge on any atom is 0.573 e. The van der Waals surface area contributed by atoms with Crippen LogP contribution in [-0.2, 0) is 55.8 Å². The van der Waals surface area contributed by atoms with Crippen LogP contribution in [0.5, 0.6) is 5.75 Å². The van der Waals surface area contributed by atoms with Gasteiger partial charge in [0.05, 0.1) is 26.1 Å². The number of benzene rings is 2. The van der Waals surface area contributed by atoms with E-state index in [1.165, 1.54) is 12.1 Å². The first kappa shape index (κ1) is 51.7. The van der Waals surface area contributed by atoms with Crippen molar-refractivity contribution in [3.63, 3.8) is 0 Å². The molecule has 68 heavy (non-hydrogen) atoms. The van der Waals surface area contributed by atoms with Crippen LogP contribution < -0.4 is 9.64 Å². The zero-order valence-electron chi connectivity index (χ0n) is 37.9. The molecule has 2 aliphatic heterocycles. The number of carbonyl (C=O) groups excluding carboxylic acids is 4. The van der Waals surface area contributed by atoms with Crippen molar-refractivity contribution in [2.24, 2.45) is 0 Å². The van der Waals surface area contributed by atoms with E-state index in [4.69, 9.17) is 44.8 Å². The molecule has 19 nitrogen and oxygen atoms in total. The lowest BCUT2D eigenvalue weighted by Gasteiger charge is -2.32. The Morgan fingerprint density at radius 1 is 0.882 bits per heavy atom. The van der Waals surface area contributed by atoms with Crippen LogP contribution in [0.25, 0.3) is 11.2 Å². The molecule has 0 radical (unpaired) electrons. The van der Waals surface area contributed by atoms with Crippen molar-refractivity contribution >= 4 is 52.7 Å². The Morgan fingerprint density at radius 2 is 1.51 bits per heavy atom. The van der Waals surface area contributed by atoms with Crippen molar-refractivity contribution in [2.75, 3.05) is 51.0 Å². The molecule has 5 atom stereocenters. The van der Waals surface area contributed by atoms with Gasteiger partial charge in [-0.25, -0.2) is 28.6 Å². The van der Waals surface area contributed by atoms with E-state index >= 15 is 4.39 Å². The maximum atomic E-state index is 16.4. The number of morpholine rings is 1. The molecule has 24 heteroatoms. The van der Waals surface area contributed by atoms with Gasteiger partial charge in [0.1, 0.15) is 42.4 Å². The third-order valence-corrected chi connectivity index (χ3v) is 10.2. The summed E-state index contributed by atoms with van der Waals surface area (Å²) in [4.78, 5) is 70.7. The number of imidazole rings is 1. The Balaban J connectivity index is 1.34. The molecule has 0 spiro atoms. The molecule has 2 saturated heterocycles. The molecule has 1 unspecified atom stereocenters. The first-order valence-corrected chi connectivity index (χ1v) is 21.6. The van der Waals surface area contributed by atoms with Gasteiger partial charge in [0.25, 0.3) is 5.60 Å². The number of hydrogen-bond acceptors (Lipinski definition) is 17. The number of ether oxygens (including phenoxy) is 8. The number of esters is 2. The minimum absolute atomic E-state index is 0.0771. The van der Waals surface area contributed by atoms with Gasteiger partial charge in [0.15, 0.2) is 29.4 Å². The van der Waals surface area contributed by atoms with Crippen LogP contribution in [-0.4, -0.2) is 141 Å². The first-order valence-electron chi connectivity index (χ1n) is 21.2. The lowest BCUT2D eigenvalue weighted by atomic mass is 9.93. The molecule has 1 N–H and O–H groups in total. The Morgan fingerprint density at radius 3 is 2.15 bits per heavy atom. The smallest absolute Gasteiger partial charge is 0.462 e. The number of aliphatic hydroxyl groups excluding tert-OH is 1. The van der Waals surface area contributed by atoms with Crippen molar-refractivity contribution in [3.05, 3.63) is 77.3 Å². The Kier molecular flexibility index (Phi) is 16.2. The second kappa shape index (κ2) is 21.3. The van der Waals surface area contributed by atoms with Crippen LogP contribution in [0.15, 0.2) is 60.9 Å². The van der Waals surface area contributed by atoms with E-state index in [1.807, 2.05) is 4.90 Å². The fourth-order valence-corrected chi connectivity index (χ4v) is 7.12. The highest BCUT2D eigenvalue weighted by atomic mass is 35.5. The van der Waals surface area contributed by atoms with E-state index in [2.05, 4.69) is 19.7 Å². The van der Waals surface area contributed by atoms with Gasteiger partial charge in [-0.3, -0.25) is 9.47 Å². The van der Waals surface area contributed by atoms with Crippen LogP contribution >= 0.6 is 11.6 Å². The number of fused-ring (bicyclic) bond motifs is 1. The van der Waals surface area contributed by atoms with Gasteiger partial charge in [-0.2, -0.15) is 14.9 Å². The number of nitrogens with zero attached hydrogens (tertiary/aromatic N) is 6. The molecule has 4 heterocycles. The van der Waals surface area contributed by atoms with Crippen molar-refractivity contribution < 1.29 is 79.7 Å². The number of amides is 2. The minimum atomic E-state index is -5.09. The quantitative estimate of drug-likeness (QED) is 0.0457. The summed E-state index contributed by atoms with van der Waals surface area (Å²) >= 11 is 6.33. The monoisotopic (exact) mass is 982 g/mol. The predicted octanol–water partition coefficient (Wildman–Crippen LogP) is 6.27. The molecular weight excluding hydrogens is 932 g/mol. The van der Waals surface area contributed by atoms with Gasteiger partial charge in [-0.05, 0) is 76.4 Å². The van der Waals surface area contributed by atoms with Crippen LogP contribution in [0.3, 0.4) is 0 Å². The second-order valence-electron chi connectivity index (χ2n) is 17.6. The molecule has 2 aliphatic rings. The van der Waals surface area contributed by atoms with E-state index in [0.29, 0.717) is 36.8 Å². The highest BCUT2D eigenvalue weighted by molar-refractivity contribution is 6.29. The first-order chi connectivity index (χ1) is 31.9. The number of rotatable bonds is 15. The largest absolute Gasteiger partial charge is 0.573 e. The average Bonchev–Trinajstić information content (AvgIpc) is 3.79. The SMILES string of the molecule is CC(C)(C)OC(=O)N(C(=O)OC(C)(C)C)c1nc(Cl)nc2c1ncn2[C@@H]1O[C@H](COC(Cc2cccc(OC(F)(F)F)c2)(C(=O)OCCN2CCOCC2)C(=O)OCc2ccccc2)[C@@H](O)[C@@H]1F. The van der Waals surface area contributed by atoms with E-state index in [1.54, 1.807) is 71.9 Å². The zero-order valence-corrected chi connectivity index (χ0v) is 38.6. The molecule has 2 aromatic carbocycles. The Bertz CT molecular complexity index is 2380. The van der Waals surface area contributed by atoms with Crippen molar-refractivity contribution in [3.8, 4) is 5.75 Å². The fraction of sp³-hybridized carbons (Fsp3) is 0.523. The molecule has 0 saturated carbocycles. The maximum absolute atomic E-state index is 16.4. The molecule has 0 aliphatic carbocycles. The molecule has 2 amide bonds. The molecule has 2 aromatic heterocycles. The molecule has 4 aromatic rings. The van der Waals surface area contributed by atoms with E-state index < -0.39 is 102 Å². The van der Waals surface area contributed by atoms with Crippen LogP contribution in [0.1, 0.15) is 58.9 Å². The highest BCUT2D eigenvalue weighted by Crippen LogP contribution is 2.37. The van der Waals surface area contributed by atoms with Crippen LogP contribution in [0.4, 0.5) is 33.0 Å². The van der Waals surface area contributed by atoms with Gasteiger partial charge >= 0.3 is 30.5 Å². The molecule has 0 bridgehead atoms. The molecule has 2 fully saturated rings. The third kappa shape index (κ3) is 13.3. The standard InChI is InChI=1S/C44H51ClF4N6O13/c1-41(2,3)67-39(59)55(40(60)68-42(4,5)6)34-31-33(51-38(45)52-34)54(25-50-31)35-30(46)32(56)29(65-35)24-64-43(37(58)63-23-26-11-8-7-9-12-26,36(57)62-20-17-53-15-18-61-19-16-53)22-27-13-10-14-28(21-27)66-44(47,48)49/h7-14,21,25,29-30,32,35,56H,15-20,22-24H2,1-6H3/t29-,30+,32-,35-,43?/m1/s1. The summed E-state index contributed by atoms with van der Waals surface area (Å²) < 4.78 is 101. The van der Waals surface area contributed by atoms with Crippen molar-refractivity contribution in [2.45, 2.75) is 102 Å². The third-order valence-electron chi connectivity index (χ3n) is 10.0. The van der Waals surface area contributed by atoms with Crippen molar-refractivity contribution in [1.82, 2.24) is 24.4 Å². The number of aliphatic hydroxyl groups is 1. The summed E-state index contributed by atoms with van der Waals surface area (Å²) in [6.07, 6.45) is -15.2. The summed E-state index contributed by atoms with van der Waals surface area (Å²) in [5, 5.41) is 10.8. The van der Waals surface area contributed by atoms with Gasteiger partial charge in [0, 0.05) is 26.1 Å². The van der Waals surface area contributed by atoms with Gasteiger partial charge < -0.3 is 43.0 Å². The molecular formula is C44H51ClF4N6O13. The van der Waals surface area contributed by atoms with Gasteiger partial charge in [0.2, 0.25) is 5.28 Å². The van der Waals surface area contributed by atoms with Crippen LogP contribution in [0.2, 0.25) is 5.28 Å². The zero-order chi connectivity index (χ0) is 49.6. The summed E-state index contributed by atoms with van der Waals surface area (Å²) in [5.74, 6) is -3.84. The van der Waals surface area contributed by atoms with Gasteiger partial charge in [-0.15, -0.1) is 13.2 Å². The second-order valence-corrected chi connectivity index (χ2v) is 17.9. The number of anilines is 1. The summed E-state index contributed by atoms with van der Waals surface area (Å²) in [5.41, 5.74) is -5.19. The van der Waals surface area contributed by atoms with E-state index in [-0.39, 0.29) is 36.5 Å². The summed E-state index contributed by atoms with van der Waals surface area (Å²) in [6.45, 7) is 9.83. The number of aromatic nitrogens is 4. The number of hydrogen-bond donors (Lipinski definition) is 1. The average molecular weight is 983 g/mol. The van der Waals surface area contributed by atoms with Gasteiger partial charge in [-0.1, -0.05) is 42.5 Å².